The number of aromatic amines is 1. The number of aromatic nitrogens is 4. The van der Waals surface area contributed by atoms with Crippen LogP contribution in [0.2, 0.25) is 0 Å². The Morgan fingerprint density at radius 3 is 2.62 bits per heavy atom. The summed E-state index contributed by atoms with van der Waals surface area (Å²) in [5, 5.41) is 4.26. The van der Waals surface area contributed by atoms with E-state index in [2.05, 4.69) is 15.1 Å². The third-order valence-electron chi connectivity index (χ3n) is 2.83. The van der Waals surface area contributed by atoms with Crippen molar-refractivity contribution in [2.45, 2.75) is 0 Å². The van der Waals surface area contributed by atoms with E-state index in [0.717, 1.165) is 0 Å². The zero-order valence-corrected chi connectivity index (χ0v) is 11.5. The molecule has 2 heterocycles. The Morgan fingerprint density at radius 1 is 1.14 bits per heavy atom. The first-order valence-corrected chi connectivity index (χ1v) is 6.46. The number of benzene rings is 1. The molecule has 0 bridgehead atoms. The van der Waals surface area contributed by atoms with E-state index in [4.69, 9.17) is 12.2 Å². The Bertz CT molecular complexity index is 902. The van der Waals surface area contributed by atoms with Crippen LogP contribution in [0.15, 0.2) is 53.6 Å². The second kappa shape index (κ2) is 5.37. The number of hydrogen-bond donors (Lipinski definition) is 1. The highest BCUT2D eigenvalue weighted by atomic mass is 32.1. The molecule has 0 amide bonds. The van der Waals surface area contributed by atoms with Crippen molar-refractivity contribution in [2.75, 3.05) is 0 Å². The lowest BCUT2D eigenvalue weighted by molar-refractivity contribution is 0.627. The van der Waals surface area contributed by atoms with Gasteiger partial charge in [0.25, 0.3) is 0 Å². The minimum absolute atomic E-state index is 0.218. The fourth-order valence-corrected chi connectivity index (χ4v) is 2.01. The van der Waals surface area contributed by atoms with Crippen LogP contribution < -0.4 is 5.43 Å². The minimum Gasteiger partial charge on any atom is -0.329 e. The first-order valence-electron chi connectivity index (χ1n) is 6.05. The average molecular weight is 300 g/mol. The molecule has 1 N–H and O–H groups in total. The molecule has 0 saturated heterocycles. The first-order chi connectivity index (χ1) is 10.1. The predicted octanol–water partition coefficient (Wildman–Crippen LogP) is 2.49. The van der Waals surface area contributed by atoms with E-state index in [-0.39, 0.29) is 21.7 Å². The number of halogens is 1. The number of H-pyrrole nitrogens is 1. The van der Waals surface area contributed by atoms with Gasteiger partial charge in [0.2, 0.25) is 5.43 Å². The molecule has 0 aliphatic heterocycles. The normalized spacial score (nSPS) is 10.5. The van der Waals surface area contributed by atoms with Crippen LogP contribution in [0.5, 0.6) is 0 Å². The lowest BCUT2D eigenvalue weighted by atomic mass is 10.2. The van der Waals surface area contributed by atoms with Gasteiger partial charge < -0.3 is 4.98 Å². The van der Waals surface area contributed by atoms with Crippen molar-refractivity contribution in [1.29, 1.82) is 0 Å². The third-order valence-corrected chi connectivity index (χ3v) is 3.04. The second-order valence-electron chi connectivity index (χ2n) is 4.24. The van der Waals surface area contributed by atoms with E-state index in [1.165, 1.54) is 35.3 Å². The third kappa shape index (κ3) is 2.77. The van der Waals surface area contributed by atoms with Crippen molar-refractivity contribution >= 4 is 12.2 Å². The molecule has 2 aromatic heterocycles. The maximum absolute atomic E-state index is 13.0. The SMILES string of the molecule is O=c1ccn(-c2ccc(F)cc2)nc1-c1ccnc(=S)[nH]1. The molecule has 7 heteroatoms. The first kappa shape index (κ1) is 13.3. The molecule has 0 unspecified atom stereocenters. The molecule has 0 saturated carbocycles. The summed E-state index contributed by atoms with van der Waals surface area (Å²) in [5.41, 5.74) is 1.10. The molecule has 21 heavy (non-hydrogen) atoms. The van der Waals surface area contributed by atoms with Gasteiger partial charge in [-0.25, -0.2) is 14.1 Å². The molecular formula is C14H9FN4OS. The fraction of sp³-hybridized carbons (Fsp3) is 0. The molecule has 0 aliphatic rings. The number of nitrogens with zero attached hydrogens (tertiary/aromatic N) is 3. The summed E-state index contributed by atoms with van der Waals surface area (Å²) in [6.07, 6.45) is 3.03. The maximum atomic E-state index is 13.0. The van der Waals surface area contributed by atoms with Crippen LogP contribution in [-0.4, -0.2) is 19.7 Å². The fourth-order valence-electron chi connectivity index (χ4n) is 1.84. The predicted molar refractivity (Wildman–Crippen MR) is 78.2 cm³/mol. The van der Waals surface area contributed by atoms with Crippen LogP contribution in [0.1, 0.15) is 0 Å². The largest absolute Gasteiger partial charge is 0.329 e. The van der Waals surface area contributed by atoms with Crippen molar-refractivity contribution in [1.82, 2.24) is 19.7 Å². The van der Waals surface area contributed by atoms with E-state index in [0.29, 0.717) is 11.4 Å². The Balaban J connectivity index is 2.14. The van der Waals surface area contributed by atoms with Crippen LogP contribution in [-0.2, 0) is 0 Å². The molecule has 3 rings (SSSR count). The Kier molecular flexibility index (Phi) is 3.41. The molecule has 104 valence electrons. The van der Waals surface area contributed by atoms with Crippen molar-refractivity contribution in [2.24, 2.45) is 0 Å². The molecule has 0 radical (unpaired) electrons. The summed E-state index contributed by atoms with van der Waals surface area (Å²) < 4.78 is 14.7. The molecule has 1 aromatic carbocycles. The highest BCUT2D eigenvalue weighted by Crippen LogP contribution is 2.11. The quantitative estimate of drug-likeness (QED) is 0.739. The van der Waals surface area contributed by atoms with Gasteiger partial charge >= 0.3 is 0 Å². The van der Waals surface area contributed by atoms with Gasteiger partial charge in [0.05, 0.1) is 11.4 Å². The highest BCUT2D eigenvalue weighted by molar-refractivity contribution is 7.71. The van der Waals surface area contributed by atoms with Gasteiger partial charge in [-0.1, -0.05) is 0 Å². The van der Waals surface area contributed by atoms with Crippen LogP contribution in [0.3, 0.4) is 0 Å². The van der Waals surface area contributed by atoms with E-state index in [1.807, 2.05) is 0 Å². The van der Waals surface area contributed by atoms with E-state index < -0.39 is 0 Å². The summed E-state index contributed by atoms with van der Waals surface area (Å²) in [5.74, 6) is -0.335. The summed E-state index contributed by atoms with van der Waals surface area (Å²) >= 11 is 4.94. The molecule has 0 spiro atoms. The van der Waals surface area contributed by atoms with Crippen molar-refractivity contribution < 1.29 is 4.39 Å². The monoisotopic (exact) mass is 300 g/mol. The minimum atomic E-state index is -0.335. The zero-order chi connectivity index (χ0) is 14.8. The summed E-state index contributed by atoms with van der Waals surface area (Å²) in [4.78, 5) is 18.6. The van der Waals surface area contributed by atoms with E-state index in [1.54, 1.807) is 18.2 Å². The molecule has 0 fully saturated rings. The lowest BCUT2D eigenvalue weighted by Crippen LogP contribution is -2.13. The lowest BCUT2D eigenvalue weighted by Gasteiger charge is -2.07. The summed E-state index contributed by atoms with van der Waals surface area (Å²) in [7, 11) is 0. The van der Waals surface area contributed by atoms with Gasteiger partial charge in [-0.3, -0.25) is 4.79 Å². The topological polar surface area (TPSA) is 63.6 Å². The van der Waals surface area contributed by atoms with Crippen molar-refractivity contribution in [3.05, 3.63) is 69.6 Å². The number of hydrogen-bond acceptors (Lipinski definition) is 4. The number of nitrogens with one attached hydrogen (secondary N) is 1. The molecule has 0 aliphatic carbocycles. The Labute approximate surface area is 123 Å². The average Bonchev–Trinajstić information content (AvgIpc) is 2.49. The van der Waals surface area contributed by atoms with Crippen LogP contribution in [0.25, 0.3) is 17.1 Å². The van der Waals surface area contributed by atoms with Crippen molar-refractivity contribution in [3.8, 4) is 17.1 Å². The van der Waals surface area contributed by atoms with Gasteiger partial charge in [0.1, 0.15) is 5.82 Å². The summed E-state index contributed by atoms with van der Waals surface area (Å²) in [6, 6.07) is 8.82. The van der Waals surface area contributed by atoms with Crippen LogP contribution in [0.4, 0.5) is 4.39 Å². The Hall–Kier alpha value is -2.67. The van der Waals surface area contributed by atoms with Gasteiger partial charge in [-0.05, 0) is 42.5 Å². The smallest absolute Gasteiger partial charge is 0.209 e. The Morgan fingerprint density at radius 2 is 1.90 bits per heavy atom. The van der Waals surface area contributed by atoms with Gasteiger partial charge in [0, 0.05) is 18.5 Å². The highest BCUT2D eigenvalue weighted by Gasteiger charge is 2.07. The van der Waals surface area contributed by atoms with Crippen LogP contribution >= 0.6 is 12.2 Å². The maximum Gasteiger partial charge on any atom is 0.209 e. The number of rotatable bonds is 2. The molecule has 0 atom stereocenters. The molecule has 3 aromatic rings. The summed E-state index contributed by atoms with van der Waals surface area (Å²) in [6.45, 7) is 0. The van der Waals surface area contributed by atoms with Gasteiger partial charge in [-0.2, -0.15) is 5.10 Å². The standard InChI is InChI=1S/C14H9FN4OS/c15-9-1-3-10(4-2-9)19-8-6-12(20)13(18-19)11-5-7-16-14(21)17-11/h1-8H,(H,16,17,21). The van der Waals surface area contributed by atoms with Crippen molar-refractivity contribution in [3.63, 3.8) is 0 Å². The zero-order valence-electron chi connectivity index (χ0n) is 10.7. The molecular weight excluding hydrogens is 291 g/mol. The van der Waals surface area contributed by atoms with E-state index >= 15 is 0 Å². The van der Waals surface area contributed by atoms with Gasteiger partial charge in [0.15, 0.2) is 10.5 Å². The molecule has 5 nitrogen and oxygen atoms in total. The second-order valence-corrected chi connectivity index (χ2v) is 4.62. The van der Waals surface area contributed by atoms with Gasteiger partial charge in [-0.15, -0.1) is 0 Å². The van der Waals surface area contributed by atoms with Crippen LogP contribution in [0, 0.1) is 10.6 Å². The van der Waals surface area contributed by atoms with E-state index in [9.17, 15) is 9.18 Å².